The molecule has 0 amide bonds. The van der Waals surface area contributed by atoms with Crippen LogP contribution in [0.2, 0.25) is 0 Å². The van der Waals surface area contributed by atoms with E-state index < -0.39 is 6.10 Å². The van der Waals surface area contributed by atoms with Gasteiger partial charge in [0.15, 0.2) is 11.5 Å². The van der Waals surface area contributed by atoms with Crippen molar-refractivity contribution in [1.82, 2.24) is 0 Å². The zero-order chi connectivity index (χ0) is 13.9. The molecule has 18 heavy (non-hydrogen) atoms. The Labute approximate surface area is 108 Å². The zero-order valence-corrected chi connectivity index (χ0v) is 11.9. The summed E-state index contributed by atoms with van der Waals surface area (Å²) in [4.78, 5) is 0. The van der Waals surface area contributed by atoms with Crippen molar-refractivity contribution < 1.29 is 19.3 Å². The molecule has 0 aromatic heterocycles. The molecular weight excluding hydrogens is 232 g/mol. The summed E-state index contributed by atoms with van der Waals surface area (Å²) in [6, 6.07) is 3.55. The molecule has 4 nitrogen and oxygen atoms in total. The second kappa shape index (κ2) is 5.48. The maximum atomic E-state index is 10.3. The molecule has 1 aromatic rings. The van der Waals surface area contributed by atoms with Crippen LogP contribution in [-0.2, 0) is 0 Å². The van der Waals surface area contributed by atoms with E-state index in [0.29, 0.717) is 17.2 Å². The average Bonchev–Trinajstić information content (AvgIpc) is 2.34. The van der Waals surface area contributed by atoms with Crippen LogP contribution in [-0.4, -0.2) is 26.4 Å². The molecule has 0 aliphatic heterocycles. The maximum Gasteiger partial charge on any atom is 0.203 e. The first-order valence-electron chi connectivity index (χ1n) is 5.83. The molecule has 0 bridgehead atoms. The molecule has 0 heterocycles. The maximum absolute atomic E-state index is 10.3. The molecule has 1 N–H and O–H groups in total. The Morgan fingerprint density at radius 1 is 0.944 bits per heavy atom. The van der Waals surface area contributed by atoms with Crippen LogP contribution in [0.25, 0.3) is 0 Å². The summed E-state index contributed by atoms with van der Waals surface area (Å²) < 4.78 is 15.8. The first-order chi connectivity index (χ1) is 8.35. The van der Waals surface area contributed by atoms with Crippen molar-refractivity contribution in [3.05, 3.63) is 17.7 Å². The van der Waals surface area contributed by atoms with Gasteiger partial charge in [0.25, 0.3) is 0 Å². The summed E-state index contributed by atoms with van der Waals surface area (Å²) in [5, 5.41) is 10.3. The lowest BCUT2D eigenvalue weighted by Gasteiger charge is -2.27. The number of hydrogen-bond acceptors (Lipinski definition) is 4. The topological polar surface area (TPSA) is 47.9 Å². The van der Waals surface area contributed by atoms with Crippen LogP contribution in [0.1, 0.15) is 32.4 Å². The Bertz CT molecular complexity index is 382. The van der Waals surface area contributed by atoms with E-state index in [1.807, 2.05) is 20.8 Å². The molecule has 1 unspecified atom stereocenters. The highest BCUT2D eigenvalue weighted by Crippen LogP contribution is 2.42. The van der Waals surface area contributed by atoms with Crippen molar-refractivity contribution in [3.8, 4) is 17.2 Å². The molecule has 1 atom stereocenters. The van der Waals surface area contributed by atoms with Crippen LogP contribution in [0.4, 0.5) is 0 Å². The summed E-state index contributed by atoms with van der Waals surface area (Å²) in [7, 11) is 4.68. The third-order valence-electron chi connectivity index (χ3n) is 2.82. The van der Waals surface area contributed by atoms with Gasteiger partial charge in [0.2, 0.25) is 5.75 Å². The minimum absolute atomic E-state index is 0.259. The zero-order valence-electron chi connectivity index (χ0n) is 11.9. The largest absolute Gasteiger partial charge is 0.493 e. The summed E-state index contributed by atoms with van der Waals surface area (Å²) in [5.41, 5.74) is 0.488. The normalized spacial score (nSPS) is 13.1. The minimum atomic E-state index is -0.605. The van der Waals surface area contributed by atoms with E-state index in [2.05, 4.69) is 0 Å². The monoisotopic (exact) mass is 254 g/mol. The Kier molecular flexibility index (Phi) is 4.46. The highest BCUT2D eigenvalue weighted by atomic mass is 16.5. The van der Waals surface area contributed by atoms with Crippen molar-refractivity contribution >= 4 is 0 Å². The predicted octanol–water partition coefficient (Wildman–Crippen LogP) is 2.79. The first kappa shape index (κ1) is 14.6. The number of ether oxygens (including phenoxy) is 3. The summed E-state index contributed by atoms with van der Waals surface area (Å²) in [5.74, 6) is 1.63. The fraction of sp³-hybridized carbons (Fsp3) is 0.571. The van der Waals surface area contributed by atoms with Crippen LogP contribution in [0.3, 0.4) is 0 Å². The molecule has 0 saturated heterocycles. The van der Waals surface area contributed by atoms with Gasteiger partial charge in [-0.05, 0) is 23.1 Å². The van der Waals surface area contributed by atoms with Gasteiger partial charge in [-0.1, -0.05) is 20.8 Å². The van der Waals surface area contributed by atoms with E-state index in [-0.39, 0.29) is 5.41 Å². The van der Waals surface area contributed by atoms with Gasteiger partial charge in [0, 0.05) is 0 Å². The minimum Gasteiger partial charge on any atom is -0.493 e. The summed E-state index contributed by atoms with van der Waals surface area (Å²) in [6.07, 6.45) is -0.605. The number of hydrogen-bond donors (Lipinski definition) is 1. The third-order valence-corrected chi connectivity index (χ3v) is 2.82. The fourth-order valence-electron chi connectivity index (χ4n) is 1.76. The van der Waals surface area contributed by atoms with Gasteiger partial charge < -0.3 is 19.3 Å². The Hall–Kier alpha value is -1.42. The molecule has 0 fully saturated rings. The number of rotatable bonds is 4. The standard InChI is InChI=1S/C14H22O4/c1-14(2,3)13(15)9-7-10(16-4)12(18-6)11(8-9)17-5/h7-8,13,15H,1-6H3. The summed E-state index contributed by atoms with van der Waals surface area (Å²) in [6.45, 7) is 5.92. The van der Waals surface area contributed by atoms with Gasteiger partial charge in [0.05, 0.1) is 27.4 Å². The first-order valence-corrected chi connectivity index (χ1v) is 5.83. The van der Waals surface area contributed by atoms with Crippen LogP contribution in [0.15, 0.2) is 12.1 Å². The lowest BCUT2D eigenvalue weighted by Crippen LogP contribution is -2.18. The Morgan fingerprint density at radius 2 is 1.39 bits per heavy atom. The van der Waals surface area contributed by atoms with Gasteiger partial charge in [-0.25, -0.2) is 0 Å². The number of aliphatic hydroxyl groups is 1. The Morgan fingerprint density at radius 3 is 1.67 bits per heavy atom. The highest BCUT2D eigenvalue weighted by molar-refractivity contribution is 5.54. The SMILES string of the molecule is COc1cc(C(O)C(C)(C)C)cc(OC)c1OC. The van der Waals surface area contributed by atoms with Crippen LogP contribution in [0.5, 0.6) is 17.2 Å². The van der Waals surface area contributed by atoms with Crippen LogP contribution in [0, 0.1) is 5.41 Å². The average molecular weight is 254 g/mol. The van der Waals surface area contributed by atoms with Crippen molar-refractivity contribution in [2.45, 2.75) is 26.9 Å². The lowest BCUT2D eigenvalue weighted by atomic mass is 9.84. The second-order valence-electron chi connectivity index (χ2n) is 5.23. The van der Waals surface area contributed by atoms with E-state index >= 15 is 0 Å². The van der Waals surface area contributed by atoms with E-state index in [9.17, 15) is 5.11 Å². The number of benzene rings is 1. The molecule has 0 spiro atoms. The van der Waals surface area contributed by atoms with Gasteiger partial charge in [-0.3, -0.25) is 0 Å². The van der Waals surface area contributed by atoms with E-state index in [0.717, 1.165) is 5.56 Å². The molecule has 0 radical (unpaired) electrons. The van der Waals surface area contributed by atoms with Gasteiger partial charge in [0.1, 0.15) is 0 Å². The quantitative estimate of drug-likeness (QED) is 0.897. The molecule has 0 aliphatic rings. The summed E-state index contributed by atoms with van der Waals surface area (Å²) >= 11 is 0. The molecule has 0 aliphatic carbocycles. The van der Waals surface area contributed by atoms with Crippen LogP contribution >= 0.6 is 0 Å². The van der Waals surface area contributed by atoms with Gasteiger partial charge in [-0.2, -0.15) is 0 Å². The van der Waals surface area contributed by atoms with E-state index in [1.54, 1.807) is 33.5 Å². The van der Waals surface area contributed by atoms with E-state index in [1.165, 1.54) is 0 Å². The number of methoxy groups -OCH3 is 3. The molecule has 4 heteroatoms. The number of aliphatic hydroxyl groups excluding tert-OH is 1. The van der Waals surface area contributed by atoms with Crippen molar-refractivity contribution in [2.75, 3.05) is 21.3 Å². The molecule has 0 saturated carbocycles. The smallest absolute Gasteiger partial charge is 0.203 e. The molecule has 102 valence electrons. The second-order valence-corrected chi connectivity index (χ2v) is 5.23. The lowest BCUT2D eigenvalue weighted by molar-refractivity contribution is 0.0622. The third kappa shape index (κ3) is 2.88. The van der Waals surface area contributed by atoms with Crippen molar-refractivity contribution in [3.63, 3.8) is 0 Å². The van der Waals surface area contributed by atoms with Gasteiger partial charge >= 0.3 is 0 Å². The molecule has 1 aromatic carbocycles. The van der Waals surface area contributed by atoms with Gasteiger partial charge in [-0.15, -0.1) is 0 Å². The van der Waals surface area contributed by atoms with E-state index in [4.69, 9.17) is 14.2 Å². The Balaban J connectivity index is 3.32. The van der Waals surface area contributed by atoms with Crippen LogP contribution < -0.4 is 14.2 Å². The highest BCUT2D eigenvalue weighted by Gasteiger charge is 2.26. The fourth-order valence-corrected chi connectivity index (χ4v) is 1.76. The predicted molar refractivity (Wildman–Crippen MR) is 70.5 cm³/mol. The molecule has 1 rings (SSSR count). The van der Waals surface area contributed by atoms with Crippen molar-refractivity contribution in [1.29, 1.82) is 0 Å². The van der Waals surface area contributed by atoms with Crippen molar-refractivity contribution in [2.24, 2.45) is 5.41 Å². The molecular formula is C14H22O4.